The molecule has 9 heteroatoms. The lowest BCUT2D eigenvalue weighted by atomic mass is 10.3. The topological polar surface area (TPSA) is 88.2 Å². The van der Waals surface area contributed by atoms with Gasteiger partial charge < -0.3 is 14.8 Å². The van der Waals surface area contributed by atoms with Gasteiger partial charge in [-0.3, -0.25) is 9.69 Å². The van der Waals surface area contributed by atoms with Gasteiger partial charge in [0.1, 0.15) is 5.75 Å². The number of nitrogens with one attached hydrogen (secondary N) is 1. The van der Waals surface area contributed by atoms with E-state index >= 15 is 0 Å². The van der Waals surface area contributed by atoms with Gasteiger partial charge in [0.05, 0.1) is 36.9 Å². The summed E-state index contributed by atoms with van der Waals surface area (Å²) in [7, 11) is -3.64. The lowest BCUT2D eigenvalue weighted by molar-refractivity contribution is -0.117. The van der Waals surface area contributed by atoms with E-state index in [9.17, 15) is 13.2 Å². The van der Waals surface area contributed by atoms with Crippen molar-refractivity contribution in [2.75, 3.05) is 57.9 Å². The molecule has 2 aliphatic rings. The zero-order valence-corrected chi connectivity index (χ0v) is 16.5. The van der Waals surface area contributed by atoms with Gasteiger partial charge in [-0.25, -0.2) is 8.42 Å². The molecule has 0 atom stereocenters. The Morgan fingerprint density at radius 2 is 1.89 bits per heavy atom. The van der Waals surface area contributed by atoms with Gasteiger partial charge in [-0.15, -0.1) is 0 Å². The first-order valence-corrected chi connectivity index (χ1v) is 10.8. The molecule has 1 aromatic carbocycles. The van der Waals surface area contributed by atoms with Crippen molar-refractivity contribution in [3.8, 4) is 5.75 Å². The van der Waals surface area contributed by atoms with Crippen LogP contribution in [0.3, 0.4) is 0 Å². The van der Waals surface area contributed by atoms with Crippen molar-refractivity contribution >= 4 is 21.6 Å². The summed E-state index contributed by atoms with van der Waals surface area (Å²) < 4.78 is 38.0. The molecule has 2 fully saturated rings. The fraction of sp³-hybridized carbons (Fsp3) is 0.611. The molecule has 1 aromatic rings. The van der Waals surface area contributed by atoms with Crippen molar-refractivity contribution in [3.05, 3.63) is 18.2 Å². The number of ether oxygens (including phenoxy) is 2. The van der Waals surface area contributed by atoms with E-state index in [1.54, 1.807) is 6.07 Å². The van der Waals surface area contributed by atoms with Crippen LogP contribution in [0.15, 0.2) is 23.1 Å². The third-order valence-corrected chi connectivity index (χ3v) is 6.59. The van der Waals surface area contributed by atoms with E-state index < -0.39 is 10.0 Å². The third-order valence-electron chi connectivity index (χ3n) is 4.70. The van der Waals surface area contributed by atoms with Crippen molar-refractivity contribution in [1.82, 2.24) is 9.21 Å². The number of nitrogens with zero attached hydrogens (tertiary/aromatic N) is 2. The Labute approximate surface area is 160 Å². The molecule has 0 saturated carbocycles. The van der Waals surface area contributed by atoms with Crippen LogP contribution in [0.4, 0.5) is 5.69 Å². The summed E-state index contributed by atoms with van der Waals surface area (Å²) in [5, 5.41) is 2.82. The molecule has 2 aliphatic heterocycles. The summed E-state index contributed by atoms with van der Waals surface area (Å²) in [4.78, 5) is 14.6. The summed E-state index contributed by atoms with van der Waals surface area (Å²) in [6.45, 7) is 5.81. The second-order valence-electron chi connectivity index (χ2n) is 6.64. The molecule has 1 N–H and O–H groups in total. The van der Waals surface area contributed by atoms with E-state index in [0.717, 1.165) is 25.9 Å². The van der Waals surface area contributed by atoms with Gasteiger partial charge in [0.2, 0.25) is 15.9 Å². The smallest absolute Gasteiger partial charge is 0.243 e. The Bertz CT molecular complexity index is 756. The van der Waals surface area contributed by atoms with Crippen molar-refractivity contribution in [3.63, 3.8) is 0 Å². The minimum atomic E-state index is -3.64. The zero-order chi connectivity index (χ0) is 19.3. The van der Waals surface area contributed by atoms with Gasteiger partial charge in [0, 0.05) is 13.1 Å². The predicted molar refractivity (Wildman–Crippen MR) is 101 cm³/mol. The van der Waals surface area contributed by atoms with Gasteiger partial charge in [-0.1, -0.05) is 0 Å². The lowest BCUT2D eigenvalue weighted by Crippen LogP contribution is -2.40. The van der Waals surface area contributed by atoms with Crippen molar-refractivity contribution < 1.29 is 22.7 Å². The fourth-order valence-electron chi connectivity index (χ4n) is 3.32. The standard InChI is InChI=1S/C18H27N3O5S/c1-2-26-17-6-5-15(27(23,24)21-9-11-25-12-10-21)13-16(17)19-18(22)14-20-7-3-4-8-20/h5-6,13H,2-4,7-12,14H2,1H3,(H,19,22). The Kier molecular flexibility index (Phi) is 6.69. The van der Waals surface area contributed by atoms with Gasteiger partial charge >= 0.3 is 0 Å². The van der Waals surface area contributed by atoms with Crippen LogP contribution in [-0.2, 0) is 19.6 Å². The number of hydrogen-bond acceptors (Lipinski definition) is 6. The zero-order valence-electron chi connectivity index (χ0n) is 15.6. The minimum absolute atomic E-state index is 0.143. The van der Waals surface area contributed by atoms with Crippen LogP contribution in [-0.4, -0.2) is 76.1 Å². The molecule has 0 unspecified atom stereocenters. The second kappa shape index (κ2) is 9.01. The summed E-state index contributed by atoms with van der Waals surface area (Å²) >= 11 is 0. The molecule has 3 rings (SSSR count). The quantitative estimate of drug-likeness (QED) is 0.742. The molecular weight excluding hydrogens is 370 g/mol. The van der Waals surface area contributed by atoms with Crippen molar-refractivity contribution in [1.29, 1.82) is 0 Å². The van der Waals surface area contributed by atoms with Crippen molar-refractivity contribution in [2.24, 2.45) is 0 Å². The average Bonchev–Trinajstić information content (AvgIpc) is 3.17. The van der Waals surface area contributed by atoms with Crippen LogP contribution in [0.25, 0.3) is 0 Å². The number of hydrogen-bond donors (Lipinski definition) is 1. The monoisotopic (exact) mass is 397 g/mol. The molecule has 0 bridgehead atoms. The normalized spacial score (nSPS) is 19.1. The Hall–Kier alpha value is -1.68. The first kappa shape index (κ1) is 20.1. The summed E-state index contributed by atoms with van der Waals surface area (Å²) in [6, 6.07) is 4.60. The number of anilines is 1. The molecule has 27 heavy (non-hydrogen) atoms. The molecule has 1 amide bonds. The summed E-state index contributed by atoms with van der Waals surface area (Å²) in [6.07, 6.45) is 2.20. The maximum atomic E-state index is 12.9. The van der Waals surface area contributed by atoms with E-state index in [4.69, 9.17) is 9.47 Å². The summed E-state index contributed by atoms with van der Waals surface area (Å²) in [5.74, 6) is 0.298. The van der Waals surface area contributed by atoms with Crippen LogP contribution in [0.1, 0.15) is 19.8 Å². The molecule has 0 radical (unpaired) electrons. The van der Waals surface area contributed by atoms with Crippen LogP contribution in [0, 0.1) is 0 Å². The molecule has 8 nitrogen and oxygen atoms in total. The number of sulfonamides is 1. The number of rotatable bonds is 7. The van der Waals surface area contributed by atoms with Crippen LogP contribution < -0.4 is 10.1 Å². The average molecular weight is 397 g/mol. The highest BCUT2D eigenvalue weighted by Crippen LogP contribution is 2.29. The minimum Gasteiger partial charge on any atom is -0.492 e. The van der Waals surface area contributed by atoms with E-state index in [1.165, 1.54) is 16.4 Å². The van der Waals surface area contributed by atoms with Gasteiger partial charge in [0.25, 0.3) is 0 Å². The third kappa shape index (κ3) is 4.98. The Morgan fingerprint density at radius 3 is 2.56 bits per heavy atom. The first-order chi connectivity index (χ1) is 13.0. The molecule has 0 spiro atoms. The highest BCUT2D eigenvalue weighted by Gasteiger charge is 2.27. The van der Waals surface area contributed by atoms with Gasteiger partial charge in [-0.05, 0) is 51.1 Å². The number of amides is 1. The van der Waals surface area contributed by atoms with Gasteiger partial charge in [0.15, 0.2) is 0 Å². The van der Waals surface area contributed by atoms with E-state index in [2.05, 4.69) is 10.2 Å². The van der Waals surface area contributed by atoms with E-state index in [1.807, 2.05) is 6.92 Å². The molecular formula is C18H27N3O5S. The highest BCUT2D eigenvalue weighted by molar-refractivity contribution is 7.89. The van der Waals surface area contributed by atoms with Crippen molar-refractivity contribution in [2.45, 2.75) is 24.7 Å². The van der Waals surface area contributed by atoms with Crippen LogP contribution in [0.5, 0.6) is 5.75 Å². The lowest BCUT2D eigenvalue weighted by Gasteiger charge is -2.26. The fourth-order valence-corrected chi connectivity index (χ4v) is 4.75. The Balaban J connectivity index is 1.80. The number of carbonyl (C=O) groups is 1. The van der Waals surface area contributed by atoms with E-state index in [0.29, 0.717) is 50.9 Å². The molecule has 2 saturated heterocycles. The molecule has 0 aliphatic carbocycles. The predicted octanol–water partition coefficient (Wildman–Crippen LogP) is 1.14. The second-order valence-corrected chi connectivity index (χ2v) is 8.58. The highest BCUT2D eigenvalue weighted by atomic mass is 32.2. The molecule has 2 heterocycles. The first-order valence-electron chi connectivity index (χ1n) is 9.37. The maximum absolute atomic E-state index is 12.9. The van der Waals surface area contributed by atoms with E-state index in [-0.39, 0.29) is 10.8 Å². The summed E-state index contributed by atoms with van der Waals surface area (Å²) in [5.41, 5.74) is 0.385. The van der Waals surface area contributed by atoms with Gasteiger partial charge in [-0.2, -0.15) is 4.31 Å². The van der Waals surface area contributed by atoms with Crippen LogP contribution in [0.2, 0.25) is 0 Å². The largest absolute Gasteiger partial charge is 0.492 e. The maximum Gasteiger partial charge on any atom is 0.243 e. The molecule has 150 valence electrons. The number of morpholine rings is 1. The molecule has 0 aromatic heterocycles. The Morgan fingerprint density at radius 1 is 1.19 bits per heavy atom. The number of likely N-dealkylation sites (tertiary alicyclic amines) is 1. The number of benzene rings is 1. The van der Waals surface area contributed by atoms with Crippen LogP contribution >= 0.6 is 0 Å². The number of carbonyl (C=O) groups excluding carboxylic acids is 1. The SMILES string of the molecule is CCOc1ccc(S(=O)(=O)N2CCOCC2)cc1NC(=O)CN1CCCC1.